The van der Waals surface area contributed by atoms with Crippen LogP contribution in [0.25, 0.3) is 56.7 Å². The van der Waals surface area contributed by atoms with Crippen LogP contribution in [-0.2, 0) is 0 Å². The van der Waals surface area contributed by atoms with Crippen LogP contribution in [0.4, 0.5) is 11.4 Å². The highest BCUT2D eigenvalue weighted by atomic mass is 16.6. The maximum Gasteiger partial charge on any atom is 0.340 e. The van der Waals surface area contributed by atoms with Crippen LogP contribution in [0.15, 0.2) is 140 Å². The van der Waals surface area contributed by atoms with Gasteiger partial charge in [-0.05, 0) is 123 Å². The molecule has 0 aliphatic rings. The maximum absolute atomic E-state index is 11.4. The summed E-state index contributed by atoms with van der Waals surface area (Å²) in [5.74, 6) is 1.83. The van der Waals surface area contributed by atoms with Gasteiger partial charge in [0.2, 0.25) is 11.4 Å². The van der Waals surface area contributed by atoms with Crippen molar-refractivity contribution >= 4 is 11.4 Å². The summed E-state index contributed by atoms with van der Waals surface area (Å²) in [6.45, 7) is 2.00. The normalized spacial score (nSPS) is 11.0. The summed E-state index contributed by atoms with van der Waals surface area (Å²) in [5, 5.41) is 42.0. The molecule has 8 aromatic rings. The Bertz CT molecular complexity index is 2770. The largest absolute Gasteiger partial charge is 0.492 e. The number of methoxy groups -OCH3 is 2. The third-order valence-corrected chi connectivity index (χ3v) is 9.17. The second-order valence-corrected chi connectivity index (χ2v) is 12.8. The Morgan fingerprint density at radius 3 is 1.33 bits per heavy atom. The molecule has 2 aromatic heterocycles. The van der Waals surface area contributed by atoms with Crippen molar-refractivity contribution in [3.05, 3.63) is 165 Å². The minimum absolute atomic E-state index is 0.0471. The number of benzene rings is 6. The number of ether oxygens (including phenoxy) is 2. The number of aromatic nitrogens is 8. The number of hydrogen-bond donors (Lipinski definition) is 0. The third kappa shape index (κ3) is 7.01. The minimum Gasteiger partial charge on any atom is -0.492 e. The van der Waals surface area contributed by atoms with E-state index in [1.165, 1.54) is 24.3 Å². The first-order valence-electron chi connectivity index (χ1n) is 17.5. The molecule has 0 bridgehead atoms. The summed E-state index contributed by atoms with van der Waals surface area (Å²) in [7, 11) is 3.12. The summed E-state index contributed by atoms with van der Waals surface area (Å²) >= 11 is 0. The average molecular weight is 761 g/mol. The molecule has 2 heterocycles. The zero-order chi connectivity index (χ0) is 39.6. The number of aryl methyl sites for hydroxylation is 1. The summed E-state index contributed by atoms with van der Waals surface area (Å²) in [5.41, 5.74) is 6.38. The van der Waals surface area contributed by atoms with E-state index >= 15 is 0 Å². The lowest BCUT2D eigenvalue weighted by molar-refractivity contribution is -0.734. The minimum atomic E-state index is -0.455. The van der Waals surface area contributed by atoms with Gasteiger partial charge < -0.3 is 9.47 Å². The molecule has 0 aliphatic carbocycles. The SMILES string of the molecule is COc1cc(-c2ccc(-[n+]3nc(-c4ccc(C)cc4)nn3-c3ccc([N+](=O)[O-])cc3)c(OC)c2)ccc1-[n+]1nc(-c2ccccc2)nn1-c1ccc([N+](=O)[O-])cc1. The molecule has 280 valence electrons. The van der Waals surface area contributed by atoms with Crippen LogP contribution in [-0.4, -0.2) is 54.1 Å². The van der Waals surface area contributed by atoms with Crippen molar-refractivity contribution in [3.63, 3.8) is 0 Å². The first-order valence-corrected chi connectivity index (χ1v) is 17.5. The summed E-state index contributed by atoms with van der Waals surface area (Å²) < 4.78 is 11.8. The van der Waals surface area contributed by atoms with Crippen molar-refractivity contribution in [2.24, 2.45) is 0 Å². The van der Waals surface area contributed by atoms with E-state index in [0.717, 1.165) is 27.8 Å². The topological polar surface area (TPSA) is 174 Å². The number of nitro benzene ring substituents is 2. The summed E-state index contributed by atoms with van der Waals surface area (Å²) in [6.07, 6.45) is 0. The first-order chi connectivity index (χ1) is 27.7. The third-order valence-electron chi connectivity index (χ3n) is 9.17. The predicted molar refractivity (Wildman–Crippen MR) is 207 cm³/mol. The van der Waals surface area contributed by atoms with Crippen LogP contribution in [0.1, 0.15) is 5.56 Å². The molecule has 0 radical (unpaired) electrons. The molecule has 0 amide bonds. The maximum atomic E-state index is 11.4. The van der Waals surface area contributed by atoms with Crippen molar-refractivity contribution in [1.82, 2.24) is 30.0 Å². The molecule has 0 atom stereocenters. The van der Waals surface area contributed by atoms with E-state index in [-0.39, 0.29) is 11.4 Å². The zero-order valence-electron chi connectivity index (χ0n) is 30.7. The van der Waals surface area contributed by atoms with E-state index in [1.807, 2.05) is 97.9 Å². The van der Waals surface area contributed by atoms with Crippen LogP contribution in [0.3, 0.4) is 0 Å². The molecule has 16 nitrogen and oxygen atoms in total. The second-order valence-electron chi connectivity index (χ2n) is 12.8. The van der Waals surface area contributed by atoms with Gasteiger partial charge in [0.15, 0.2) is 11.5 Å². The summed E-state index contributed by atoms with van der Waals surface area (Å²) in [6, 6.07) is 40.7. The van der Waals surface area contributed by atoms with Gasteiger partial charge in [0.1, 0.15) is 11.4 Å². The molecule has 6 aromatic carbocycles. The molecule has 57 heavy (non-hydrogen) atoms. The average Bonchev–Trinajstić information content (AvgIpc) is 3.90. The van der Waals surface area contributed by atoms with Gasteiger partial charge in [0.05, 0.1) is 45.4 Å². The fraction of sp³-hybridized carbons (Fsp3) is 0.0732. The molecule has 0 fully saturated rings. The van der Waals surface area contributed by atoms with E-state index in [0.29, 0.717) is 45.9 Å². The van der Waals surface area contributed by atoms with Gasteiger partial charge in [-0.2, -0.15) is 0 Å². The highest BCUT2D eigenvalue weighted by molar-refractivity contribution is 5.70. The van der Waals surface area contributed by atoms with Crippen molar-refractivity contribution in [2.45, 2.75) is 6.92 Å². The Morgan fingerprint density at radius 2 is 0.930 bits per heavy atom. The van der Waals surface area contributed by atoms with E-state index in [9.17, 15) is 20.2 Å². The lowest BCUT2D eigenvalue weighted by Crippen LogP contribution is -2.43. The molecule has 0 saturated heterocycles. The quantitative estimate of drug-likeness (QED) is 0.0800. The lowest BCUT2D eigenvalue weighted by Gasteiger charge is -2.11. The van der Waals surface area contributed by atoms with Crippen LogP contribution >= 0.6 is 0 Å². The molecule has 0 aliphatic heterocycles. The fourth-order valence-corrected chi connectivity index (χ4v) is 6.20. The van der Waals surface area contributed by atoms with Crippen LogP contribution < -0.4 is 19.1 Å². The zero-order valence-corrected chi connectivity index (χ0v) is 30.7. The monoisotopic (exact) mass is 760 g/mol. The Morgan fingerprint density at radius 1 is 0.526 bits per heavy atom. The number of hydrogen-bond acceptors (Lipinski definition) is 10. The molecule has 8 rings (SSSR count). The van der Waals surface area contributed by atoms with Gasteiger partial charge >= 0.3 is 11.6 Å². The van der Waals surface area contributed by atoms with E-state index in [1.54, 1.807) is 57.7 Å². The highest BCUT2D eigenvalue weighted by Gasteiger charge is 2.29. The second kappa shape index (κ2) is 14.9. The van der Waals surface area contributed by atoms with Crippen LogP contribution in [0.5, 0.6) is 11.5 Å². The van der Waals surface area contributed by atoms with Gasteiger partial charge in [0, 0.05) is 33.9 Å². The van der Waals surface area contributed by atoms with Gasteiger partial charge in [0.25, 0.3) is 11.4 Å². The van der Waals surface area contributed by atoms with E-state index in [2.05, 4.69) is 0 Å². The number of nitro groups is 2. The van der Waals surface area contributed by atoms with Gasteiger partial charge in [-0.3, -0.25) is 20.2 Å². The number of nitrogens with zero attached hydrogens (tertiary/aromatic N) is 10. The molecular formula is C41H32N10O6+2. The standard InChI is InChI=1S/C41H32N10O6/c1-27-9-11-29(12-10-27)41-43-47(33-17-21-35(22-18-33)51(54)55)49(45-41)37-24-14-31(26-39(37)57-3)30-13-23-36(38(25-30)56-2)48-44-40(28-7-5-4-6-8-28)42-46(48)32-15-19-34(20-16-32)50(52)53/h4-26H,1-3H3/q+2. The molecule has 0 N–H and O–H groups in total. The first kappa shape index (κ1) is 35.9. The van der Waals surface area contributed by atoms with E-state index < -0.39 is 9.85 Å². The Hall–Kier alpha value is -8.14. The smallest absolute Gasteiger partial charge is 0.340 e. The van der Waals surface area contributed by atoms with Gasteiger partial charge in [-0.15, -0.1) is 0 Å². The molecule has 0 saturated carbocycles. The number of non-ortho nitro benzene ring substituents is 2. The highest BCUT2D eigenvalue weighted by Crippen LogP contribution is 2.32. The molecule has 0 unspecified atom stereocenters. The molecule has 0 spiro atoms. The molecular weight excluding hydrogens is 729 g/mol. The van der Waals surface area contributed by atoms with Crippen molar-refractivity contribution in [3.8, 4) is 68.2 Å². The van der Waals surface area contributed by atoms with Crippen LogP contribution in [0.2, 0.25) is 0 Å². The van der Waals surface area contributed by atoms with Crippen molar-refractivity contribution in [1.29, 1.82) is 0 Å². The van der Waals surface area contributed by atoms with Crippen molar-refractivity contribution in [2.75, 3.05) is 14.2 Å². The molecule has 16 heteroatoms. The van der Waals surface area contributed by atoms with Gasteiger partial charge in [-0.1, -0.05) is 35.9 Å². The van der Waals surface area contributed by atoms with E-state index in [4.69, 9.17) is 29.9 Å². The van der Waals surface area contributed by atoms with Gasteiger partial charge in [-0.25, -0.2) is 0 Å². The Labute approximate surface area is 324 Å². The predicted octanol–water partition coefficient (Wildman–Crippen LogP) is 6.54. The number of tetrazole rings is 2. The lowest BCUT2D eigenvalue weighted by atomic mass is 10.0. The van der Waals surface area contributed by atoms with Crippen LogP contribution in [0, 0.1) is 27.2 Å². The number of rotatable bonds is 11. The summed E-state index contributed by atoms with van der Waals surface area (Å²) in [4.78, 5) is 28.2. The van der Waals surface area contributed by atoms with Crippen molar-refractivity contribution < 1.29 is 28.9 Å². The Balaban J connectivity index is 1.20. The fourth-order valence-electron chi connectivity index (χ4n) is 6.20. The Kier molecular flexibility index (Phi) is 9.40.